The zero-order chi connectivity index (χ0) is 8.15. The lowest BCUT2D eigenvalue weighted by molar-refractivity contribution is 1.08. The molecular formula is C9H15B. The molecule has 0 aliphatic rings. The highest BCUT2D eigenvalue weighted by molar-refractivity contribution is 6.24. The van der Waals surface area contributed by atoms with E-state index >= 15 is 0 Å². The lowest BCUT2D eigenvalue weighted by Gasteiger charge is -2.05. The van der Waals surface area contributed by atoms with Gasteiger partial charge in [0.1, 0.15) is 7.85 Å². The first-order valence-electron chi connectivity index (χ1n) is 3.72. The molecule has 2 radical (unpaired) electrons. The topological polar surface area (TPSA) is 0 Å². The zero-order valence-electron chi connectivity index (χ0n) is 7.36. The van der Waals surface area contributed by atoms with Gasteiger partial charge in [0.15, 0.2) is 0 Å². The standard InChI is InChI=1S/C9H15B/c1-5-7(3)9(10)8(4)6-2/h5H,6H2,1-4H3/b7-5-,9-8+. The van der Waals surface area contributed by atoms with E-state index in [0.29, 0.717) is 0 Å². The van der Waals surface area contributed by atoms with Crippen molar-refractivity contribution in [3.63, 3.8) is 0 Å². The second-order valence-electron chi connectivity index (χ2n) is 2.52. The van der Waals surface area contributed by atoms with E-state index in [9.17, 15) is 0 Å². The third kappa shape index (κ3) is 2.42. The summed E-state index contributed by atoms with van der Waals surface area (Å²) in [6.07, 6.45) is 3.07. The number of allylic oxidation sites excluding steroid dienone is 4. The average molecular weight is 134 g/mol. The summed E-state index contributed by atoms with van der Waals surface area (Å²) in [5, 5.41) is 0. The Balaban J connectivity index is 4.46. The Hall–Kier alpha value is -0.455. The van der Waals surface area contributed by atoms with Crippen LogP contribution in [-0.2, 0) is 0 Å². The highest BCUT2D eigenvalue weighted by atomic mass is 14.0. The maximum Gasteiger partial charge on any atom is 0.114 e. The van der Waals surface area contributed by atoms with Gasteiger partial charge in [0.25, 0.3) is 0 Å². The third-order valence-corrected chi connectivity index (χ3v) is 1.85. The summed E-state index contributed by atoms with van der Waals surface area (Å²) in [4.78, 5) is 0. The van der Waals surface area contributed by atoms with Crippen molar-refractivity contribution in [2.45, 2.75) is 34.1 Å². The van der Waals surface area contributed by atoms with E-state index in [0.717, 1.165) is 11.9 Å². The Labute approximate surface area is 65.4 Å². The van der Waals surface area contributed by atoms with Gasteiger partial charge in [0, 0.05) is 0 Å². The molecule has 1 heteroatoms. The quantitative estimate of drug-likeness (QED) is 0.402. The van der Waals surface area contributed by atoms with Crippen LogP contribution in [0.5, 0.6) is 0 Å². The van der Waals surface area contributed by atoms with Crippen molar-refractivity contribution in [3.05, 3.63) is 22.7 Å². The van der Waals surface area contributed by atoms with Crippen molar-refractivity contribution in [1.29, 1.82) is 0 Å². The van der Waals surface area contributed by atoms with Gasteiger partial charge in [0.2, 0.25) is 0 Å². The van der Waals surface area contributed by atoms with E-state index in [2.05, 4.69) is 13.8 Å². The van der Waals surface area contributed by atoms with Crippen molar-refractivity contribution < 1.29 is 0 Å². The average Bonchev–Trinajstić information content (AvgIpc) is 2.00. The minimum Gasteiger partial charge on any atom is -0.0952 e. The molecule has 0 heterocycles. The third-order valence-electron chi connectivity index (χ3n) is 1.85. The van der Waals surface area contributed by atoms with E-state index in [-0.39, 0.29) is 0 Å². The Morgan fingerprint density at radius 3 is 2.20 bits per heavy atom. The van der Waals surface area contributed by atoms with E-state index in [4.69, 9.17) is 7.85 Å². The van der Waals surface area contributed by atoms with Gasteiger partial charge >= 0.3 is 0 Å². The Morgan fingerprint density at radius 2 is 1.90 bits per heavy atom. The molecule has 0 aromatic carbocycles. The van der Waals surface area contributed by atoms with Crippen LogP contribution in [0.4, 0.5) is 0 Å². The maximum atomic E-state index is 5.79. The molecule has 0 saturated carbocycles. The van der Waals surface area contributed by atoms with Gasteiger partial charge in [-0.15, -0.1) is 0 Å². The molecule has 0 atom stereocenters. The second-order valence-corrected chi connectivity index (χ2v) is 2.52. The van der Waals surface area contributed by atoms with Crippen LogP contribution < -0.4 is 0 Å². The van der Waals surface area contributed by atoms with Gasteiger partial charge in [-0.2, -0.15) is 0 Å². The molecule has 0 aromatic heterocycles. The molecule has 0 aromatic rings. The van der Waals surface area contributed by atoms with Gasteiger partial charge < -0.3 is 0 Å². The predicted octanol–water partition coefficient (Wildman–Crippen LogP) is 2.81. The Bertz CT molecular complexity index is 164. The number of rotatable bonds is 2. The molecule has 0 spiro atoms. The normalized spacial score (nSPS) is 15.0. The Morgan fingerprint density at radius 1 is 1.40 bits per heavy atom. The van der Waals surface area contributed by atoms with Crippen LogP contribution >= 0.6 is 0 Å². The van der Waals surface area contributed by atoms with Crippen LogP contribution in [0, 0.1) is 0 Å². The molecule has 10 heavy (non-hydrogen) atoms. The lowest BCUT2D eigenvalue weighted by atomic mass is 9.84. The first kappa shape index (κ1) is 9.54. The summed E-state index contributed by atoms with van der Waals surface area (Å²) < 4.78 is 0. The minimum atomic E-state index is 0.949. The number of hydrogen-bond acceptors (Lipinski definition) is 0. The van der Waals surface area contributed by atoms with Crippen molar-refractivity contribution in [1.82, 2.24) is 0 Å². The number of hydrogen-bond donors (Lipinski definition) is 0. The van der Waals surface area contributed by atoms with Gasteiger partial charge in [-0.25, -0.2) is 0 Å². The lowest BCUT2D eigenvalue weighted by Crippen LogP contribution is -1.88. The fourth-order valence-corrected chi connectivity index (χ4v) is 0.683. The summed E-state index contributed by atoms with van der Waals surface area (Å²) in [5.74, 6) is 0. The van der Waals surface area contributed by atoms with Gasteiger partial charge in [-0.05, 0) is 27.2 Å². The molecule has 0 nitrogen and oxygen atoms in total. The highest BCUT2D eigenvalue weighted by Gasteiger charge is 1.94. The van der Waals surface area contributed by atoms with Crippen molar-refractivity contribution in [3.8, 4) is 0 Å². The monoisotopic (exact) mass is 134 g/mol. The van der Waals surface area contributed by atoms with Crippen LogP contribution in [0.3, 0.4) is 0 Å². The van der Waals surface area contributed by atoms with Gasteiger partial charge in [-0.3, -0.25) is 0 Å². The predicted molar refractivity (Wildman–Crippen MR) is 48.2 cm³/mol. The summed E-state index contributed by atoms with van der Waals surface area (Å²) >= 11 is 0. The van der Waals surface area contributed by atoms with Crippen LogP contribution in [-0.4, -0.2) is 7.85 Å². The summed E-state index contributed by atoms with van der Waals surface area (Å²) in [7, 11) is 5.79. The molecule has 0 N–H and O–H groups in total. The van der Waals surface area contributed by atoms with Crippen molar-refractivity contribution in [2.24, 2.45) is 0 Å². The molecule has 54 valence electrons. The van der Waals surface area contributed by atoms with E-state index < -0.39 is 0 Å². The fraction of sp³-hybridized carbons (Fsp3) is 0.556. The van der Waals surface area contributed by atoms with Gasteiger partial charge in [0.05, 0.1) is 0 Å². The van der Waals surface area contributed by atoms with Crippen LogP contribution in [0.15, 0.2) is 22.7 Å². The summed E-state index contributed by atoms with van der Waals surface area (Å²) in [6, 6.07) is 0. The smallest absolute Gasteiger partial charge is 0.0952 e. The summed E-state index contributed by atoms with van der Waals surface area (Å²) in [5.41, 5.74) is 3.40. The minimum absolute atomic E-state index is 0.949. The first-order chi connectivity index (χ1) is 4.63. The van der Waals surface area contributed by atoms with Crippen LogP contribution in [0.2, 0.25) is 0 Å². The molecule has 0 amide bonds. The molecule has 0 bridgehead atoms. The van der Waals surface area contributed by atoms with Crippen LogP contribution in [0.25, 0.3) is 0 Å². The molecule has 0 rings (SSSR count). The highest BCUT2D eigenvalue weighted by Crippen LogP contribution is 2.12. The molecule has 0 fully saturated rings. The summed E-state index contributed by atoms with van der Waals surface area (Å²) in [6.45, 7) is 8.23. The SMILES string of the molecule is [B]C(/C(C)=C\C)=C(\C)CC. The van der Waals surface area contributed by atoms with E-state index in [1.54, 1.807) is 0 Å². The molecule has 0 saturated heterocycles. The molecule has 0 aliphatic carbocycles. The largest absolute Gasteiger partial charge is 0.114 e. The van der Waals surface area contributed by atoms with Gasteiger partial charge in [-0.1, -0.05) is 29.6 Å². The fourth-order valence-electron chi connectivity index (χ4n) is 0.683. The second kappa shape index (κ2) is 4.37. The molecular weight excluding hydrogens is 119 g/mol. The molecule has 0 unspecified atom stereocenters. The van der Waals surface area contributed by atoms with Crippen molar-refractivity contribution >= 4 is 7.85 Å². The van der Waals surface area contributed by atoms with E-state index in [1.165, 1.54) is 11.1 Å². The first-order valence-corrected chi connectivity index (χ1v) is 3.72. The van der Waals surface area contributed by atoms with Crippen LogP contribution in [0.1, 0.15) is 34.1 Å². The zero-order valence-corrected chi connectivity index (χ0v) is 7.36. The maximum absolute atomic E-state index is 5.79. The van der Waals surface area contributed by atoms with Crippen molar-refractivity contribution in [2.75, 3.05) is 0 Å². The Kier molecular flexibility index (Phi) is 4.18. The molecule has 0 aliphatic heterocycles. The van der Waals surface area contributed by atoms with E-state index in [1.807, 2.05) is 19.9 Å².